The van der Waals surface area contributed by atoms with E-state index in [-0.39, 0.29) is 30.6 Å². The molecule has 3 rings (SSSR count). The Bertz CT molecular complexity index is 1140. The fourth-order valence-corrected chi connectivity index (χ4v) is 3.08. The standard InChI is InChI=1S/C21H16BrF4N3O2/c22-14-5-3-13(4-6-14)18-9-10-20(31)29(28-18)11-1-2-19(30)27-15-7-8-17(23)16(12-15)21(24,25)26/h3-10,12H,1-2,11H2,(H,27,30). The van der Waals surface area contributed by atoms with Crippen LogP contribution in [0.1, 0.15) is 18.4 Å². The van der Waals surface area contributed by atoms with Gasteiger partial charge in [0.2, 0.25) is 5.91 Å². The summed E-state index contributed by atoms with van der Waals surface area (Å²) in [7, 11) is 0. The van der Waals surface area contributed by atoms with Gasteiger partial charge in [-0.25, -0.2) is 9.07 Å². The molecule has 2 aromatic carbocycles. The van der Waals surface area contributed by atoms with Crippen LogP contribution >= 0.6 is 15.9 Å². The van der Waals surface area contributed by atoms with Crippen LogP contribution in [-0.2, 0) is 17.5 Å². The summed E-state index contributed by atoms with van der Waals surface area (Å²) in [5, 5.41) is 6.60. The predicted octanol–water partition coefficient (Wildman–Crippen LogP) is 5.25. The summed E-state index contributed by atoms with van der Waals surface area (Å²) in [6, 6.07) is 12.6. The van der Waals surface area contributed by atoms with E-state index in [2.05, 4.69) is 26.3 Å². The van der Waals surface area contributed by atoms with Crippen molar-refractivity contribution in [1.29, 1.82) is 0 Å². The van der Waals surface area contributed by atoms with Gasteiger partial charge in [-0.1, -0.05) is 28.1 Å². The van der Waals surface area contributed by atoms with E-state index in [4.69, 9.17) is 0 Å². The van der Waals surface area contributed by atoms with Crippen molar-refractivity contribution >= 4 is 27.5 Å². The predicted molar refractivity (Wildman–Crippen MR) is 111 cm³/mol. The molecule has 1 heterocycles. The van der Waals surface area contributed by atoms with E-state index in [0.717, 1.165) is 16.1 Å². The van der Waals surface area contributed by atoms with Crippen LogP contribution < -0.4 is 10.9 Å². The zero-order chi connectivity index (χ0) is 22.6. The van der Waals surface area contributed by atoms with Gasteiger partial charge in [0.1, 0.15) is 5.82 Å². The normalized spacial score (nSPS) is 11.4. The second-order valence-electron chi connectivity index (χ2n) is 6.63. The van der Waals surface area contributed by atoms with E-state index in [1.165, 1.54) is 10.7 Å². The zero-order valence-corrected chi connectivity index (χ0v) is 17.5. The monoisotopic (exact) mass is 497 g/mol. The number of halogens is 5. The van der Waals surface area contributed by atoms with Crippen LogP contribution in [0.5, 0.6) is 0 Å². The van der Waals surface area contributed by atoms with E-state index >= 15 is 0 Å². The molecular formula is C21H16BrF4N3O2. The number of carbonyl (C=O) groups excluding carboxylic acids is 1. The number of hydrogen-bond donors (Lipinski definition) is 1. The summed E-state index contributed by atoms with van der Waals surface area (Å²) in [4.78, 5) is 24.1. The smallest absolute Gasteiger partial charge is 0.326 e. The second kappa shape index (κ2) is 9.42. The highest BCUT2D eigenvalue weighted by Crippen LogP contribution is 2.33. The topological polar surface area (TPSA) is 64.0 Å². The quantitative estimate of drug-likeness (QED) is 0.473. The number of carbonyl (C=O) groups is 1. The van der Waals surface area contributed by atoms with Gasteiger partial charge in [0.15, 0.2) is 0 Å². The van der Waals surface area contributed by atoms with E-state index in [0.29, 0.717) is 17.8 Å². The van der Waals surface area contributed by atoms with Crippen molar-refractivity contribution in [3.05, 3.63) is 80.8 Å². The maximum absolute atomic E-state index is 13.3. The minimum atomic E-state index is -4.86. The molecule has 0 aliphatic heterocycles. The number of benzene rings is 2. The molecule has 3 aromatic rings. The maximum atomic E-state index is 13.3. The molecule has 0 saturated heterocycles. The van der Waals surface area contributed by atoms with Crippen LogP contribution in [-0.4, -0.2) is 15.7 Å². The first-order chi connectivity index (χ1) is 14.6. The summed E-state index contributed by atoms with van der Waals surface area (Å²) < 4.78 is 53.8. The molecule has 0 unspecified atom stereocenters. The minimum Gasteiger partial charge on any atom is -0.326 e. The lowest BCUT2D eigenvalue weighted by Gasteiger charge is -2.11. The summed E-state index contributed by atoms with van der Waals surface area (Å²) in [5.41, 5.74) is -0.555. The Balaban J connectivity index is 1.61. The Morgan fingerprint density at radius 3 is 2.45 bits per heavy atom. The van der Waals surface area contributed by atoms with Gasteiger partial charge in [0.25, 0.3) is 5.56 Å². The van der Waals surface area contributed by atoms with Crippen LogP contribution in [0.2, 0.25) is 0 Å². The fourth-order valence-electron chi connectivity index (χ4n) is 2.82. The van der Waals surface area contributed by atoms with Crippen molar-refractivity contribution < 1.29 is 22.4 Å². The summed E-state index contributed by atoms with van der Waals surface area (Å²) in [6.07, 6.45) is -4.69. The highest BCUT2D eigenvalue weighted by molar-refractivity contribution is 9.10. The molecule has 0 fully saturated rings. The first-order valence-electron chi connectivity index (χ1n) is 9.14. The molecule has 31 heavy (non-hydrogen) atoms. The van der Waals surface area contributed by atoms with Gasteiger partial charge in [0.05, 0.1) is 11.3 Å². The third-order valence-corrected chi connectivity index (χ3v) is 4.86. The molecule has 0 radical (unpaired) electrons. The number of aromatic nitrogens is 2. The van der Waals surface area contributed by atoms with Crippen LogP contribution in [0.4, 0.5) is 23.2 Å². The lowest BCUT2D eigenvalue weighted by atomic mass is 10.1. The van der Waals surface area contributed by atoms with E-state index < -0.39 is 23.5 Å². The third-order valence-electron chi connectivity index (χ3n) is 4.34. The largest absolute Gasteiger partial charge is 0.419 e. The molecule has 0 bridgehead atoms. The fraction of sp³-hybridized carbons (Fsp3) is 0.190. The van der Waals surface area contributed by atoms with Gasteiger partial charge < -0.3 is 5.32 Å². The Morgan fingerprint density at radius 1 is 1.06 bits per heavy atom. The maximum Gasteiger partial charge on any atom is 0.419 e. The SMILES string of the molecule is O=C(CCCn1nc(-c2ccc(Br)cc2)ccc1=O)Nc1ccc(F)c(C(F)(F)F)c1. The molecule has 162 valence electrons. The first kappa shape index (κ1) is 22.7. The number of hydrogen-bond acceptors (Lipinski definition) is 3. The van der Waals surface area contributed by atoms with Crippen LogP contribution in [0.3, 0.4) is 0 Å². The Morgan fingerprint density at radius 2 is 1.77 bits per heavy atom. The first-order valence-corrected chi connectivity index (χ1v) is 9.93. The molecule has 0 atom stereocenters. The molecule has 0 spiro atoms. The molecular weight excluding hydrogens is 482 g/mol. The van der Waals surface area contributed by atoms with Crippen molar-refractivity contribution in [3.8, 4) is 11.3 Å². The van der Waals surface area contributed by atoms with Gasteiger partial charge in [-0.2, -0.15) is 18.3 Å². The lowest BCUT2D eigenvalue weighted by molar-refractivity contribution is -0.140. The molecule has 5 nitrogen and oxygen atoms in total. The summed E-state index contributed by atoms with van der Waals surface area (Å²) >= 11 is 3.34. The number of nitrogens with one attached hydrogen (secondary N) is 1. The van der Waals surface area contributed by atoms with Crippen molar-refractivity contribution in [1.82, 2.24) is 9.78 Å². The Hall–Kier alpha value is -3.01. The van der Waals surface area contributed by atoms with Gasteiger partial charge in [0, 0.05) is 34.8 Å². The van der Waals surface area contributed by atoms with Crippen molar-refractivity contribution in [3.63, 3.8) is 0 Å². The van der Waals surface area contributed by atoms with E-state index in [9.17, 15) is 27.2 Å². The number of anilines is 1. The number of nitrogens with zero attached hydrogens (tertiary/aromatic N) is 2. The number of alkyl halides is 3. The Kier molecular flexibility index (Phi) is 6.89. The molecule has 1 aromatic heterocycles. The van der Waals surface area contributed by atoms with Crippen LogP contribution in [0.25, 0.3) is 11.3 Å². The van der Waals surface area contributed by atoms with Gasteiger partial charge in [-0.3, -0.25) is 9.59 Å². The van der Waals surface area contributed by atoms with Crippen molar-refractivity contribution in [2.75, 3.05) is 5.32 Å². The molecule has 0 aliphatic rings. The summed E-state index contributed by atoms with van der Waals surface area (Å²) in [6.45, 7) is 0.147. The lowest BCUT2D eigenvalue weighted by Crippen LogP contribution is -2.23. The van der Waals surface area contributed by atoms with E-state index in [1.54, 1.807) is 6.07 Å². The van der Waals surface area contributed by atoms with Gasteiger partial charge in [-0.15, -0.1) is 0 Å². The number of rotatable bonds is 6. The zero-order valence-electron chi connectivity index (χ0n) is 15.9. The van der Waals surface area contributed by atoms with E-state index in [1.807, 2.05) is 24.3 Å². The number of amides is 1. The highest BCUT2D eigenvalue weighted by atomic mass is 79.9. The molecule has 10 heteroatoms. The average molecular weight is 498 g/mol. The minimum absolute atomic E-state index is 0.0602. The molecule has 1 amide bonds. The van der Waals surface area contributed by atoms with Crippen molar-refractivity contribution in [2.24, 2.45) is 0 Å². The third kappa shape index (κ3) is 6.00. The Labute approximate surface area is 182 Å². The molecule has 1 N–H and O–H groups in total. The second-order valence-corrected chi connectivity index (χ2v) is 7.55. The molecule has 0 aliphatic carbocycles. The van der Waals surface area contributed by atoms with Gasteiger partial charge in [-0.05, 0) is 42.8 Å². The van der Waals surface area contributed by atoms with Crippen LogP contribution in [0, 0.1) is 5.82 Å². The summed E-state index contributed by atoms with van der Waals surface area (Å²) in [5.74, 6) is -1.97. The highest BCUT2D eigenvalue weighted by Gasteiger charge is 2.34. The number of aryl methyl sites for hydroxylation is 1. The van der Waals surface area contributed by atoms with Crippen molar-refractivity contribution in [2.45, 2.75) is 25.6 Å². The average Bonchev–Trinajstić information content (AvgIpc) is 2.70. The van der Waals surface area contributed by atoms with Crippen LogP contribution in [0.15, 0.2) is 63.9 Å². The van der Waals surface area contributed by atoms with Gasteiger partial charge >= 0.3 is 6.18 Å². The molecule has 0 saturated carbocycles.